The lowest BCUT2D eigenvalue weighted by atomic mass is 10.2. The number of hydrogen-bond donors (Lipinski definition) is 0. The van der Waals surface area contributed by atoms with Gasteiger partial charge in [0.05, 0.1) is 0 Å². The summed E-state index contributed by atoms with van der Waals surface area (Å²) >= 11 is 0. The van der Waals surface area contributed by atoms with E-state index in [0.717, 1.165) is 5.56 Å². The smallest absolute Gasteiger partial charge is 0.00926 e. The zero-order chi connectivity index (χ0) is 5.82. The summed E-state index contributed by atoms with van der Waals surface area (Å²) in [6.45, 7) is 6.82. The maximum atomic E-state index is 6.82. The molecule has 0 saturated carbocycles. The van der Waals surface area contributed by atoms with E-state index in [9.17, 15) is 0 Å². The van der Waals surface area contributed by atoms with Crippen LogP contribution in [0.2, 0.25) is 0 Å². The molecule has 0 aromatic heterocycles. The molecule has 0 heterocycles. The normalized spacial score (nSPS) is 8.50. The molecule has 38 valence electrons. The van der Waals surface area contributed by atoms with E-state index in [2.05, 4.69) is 0 Å². The van der Waals surface area contributed by atoms with Gasteiger partial charge in [-0.15, -0.1) is 0 Å². The Morgan fingerprint density at radius 3 is 2.12 bits per heavy atom. The highest BCUT2D eigenvalue weighted by Crippen LogP contribution is 1.97. The third-order valence-electron chi connectivity index (χ3n) is 0.966. The zero-order valence-corrected chi connectivity index (χ0v) is 4.46. The molecular formula is C8H6. The van der Waals surface area contributed by atoms with Gasteiger partial charge in [-0.2, -0.15) is 0 Å². The standard InChI is InChI=1S/C8H6/c1-2-8-6-4-3-5-7-8/h2-7H. The molecule has 0 atom stereocenters. The van der Waals surface area contributed by atoms with Crippen LogP contribution < -0.4 is 0 Å². The molecule has 0 amide bonds. The molecular weight excluding hydrogens is 96.1 g/mol. The molecule has 1 aromatic rings. The molecule has 0 saturated heterocycles. The van der Waals surface area contributed by atoms with Gasteiger partial charge in [-0.05, 0) is 18.2 Å². The fourth-order valence-corrected chi connectivity index (χ4v) is 0.549. The molecule has 8 heavy (non-hydrogen) atoms. The average Bonchev–Trinajstić information content (AvgIpc) is 1.90. The Morgan fingerprint density at radius 1 is 1.12 bits per heavy atom. The second-order valence-electron chi connectivity index (χ2n) is 1.56. The van der Waals surface area contributed by atoms with Gasteiger partial charge in [0.2, 0.25) is 0 Å². The first kappa shape index (κ1) is 5.10. The van der Waals surface area contributed by atoms with Crippen molar-refractivity contribution in [1.82, 2.24) is 0 Å². The Bertz CT molecular complexity index is 163. The Labute approximate surface area is 49.5 Å². The Morgan fingerprint density at radius 2 is 1.75 bits per heavy atom. The predicted octanol–water partition coefficient (Wildman–Crippen LogP) is 2.01. The van der Waals surface area contributed by atoms with Crippen LogP contribution in [-0.2, 0) is 0 Å². The molecule has 1 rings (SSSR count). The second-order valence-corrected chi connectivity index (χ2v) is 1.56. The summed E-state index contributed by atoms with van der Waals surface area (Å²) in [5, 5.41) is 0. The molecule has 0 unspecified atom stereocenters. The number of rotatable bonds is 1. The van der Waals surface area contributed by atoms with E-state index in [1.807, 2.05) is 30.3 Å². The van der Waals surface area contributed by atoms with Crippen LogP contribution in [0.4, 0.5) is 0 Å². The molecule has 0 aliphatic heterocycles. The maximum absolute atomic E-state index is 6.82. The summed E-state index contributed by atoms with van der Waals surface area (Å²) in [6, 6.07) is 9.56. The van der Waals surface area contributed by atoms with Crippen LogP contribution in [0.5, 0.6) is 0 Å². The van der Waals surface area contributed by atoms with Crippen LogP contribution in [0, 0.1) is 6.58 Å². The first-order valence-corrected chi connectivity index (χ1v) is 2.49. The van der Waals surface area contributed by atoms with Gasteiger partial charge in [0.15, 0.2) is 0 Å². The first-order valence-electron chi connectivity index (χ1n) is 2.49. The lowest BCUT2D eigenvalue weighted by molar-refractivity contribution is 1.66. The monoisotopic (exact) mass is 102 g/mol. The lowest BCUT2D eigenvalue weighted by Gasteiger charge is -1.84. The van der Waals surface area contributed by atoms with Crippen molar-refractivity contribution in [2.45, 2.75) is 0 Å². The molecule has 0 aliphatic rings. The second kappa shape index (κ2) is 2.31. The van der Waals surface area contributed by atoms with Gasteiger partial charge in [0, 0.05) is 0 Å². The van der Waals surface area contributed by atoms with Crippen molar-refractivity contribution >= 4 is 6.08 Å². The summed E-state index contributed by atoms with van der Waals surface area (Å²) in [4.78, 5) is 0. The molecule has 0 N–H and O–H groups in total. The molecule has 1 aromatic carbocycles. The van der Waals surface area contributed by atoms with Crippen molar-refractivity contribution in [3.8, 4) is 0 Å². The topological polar surface area (TPSA) is 0 Å². The van der Waals surface area contributed by atoms with Gasteiger partial charge >= 0.3 is 0 Å². The summed E-state index contributed by atoms with van der Waals surface area (Å²) in [6.07, 6.45) is 1.33. The van der Waals surface area contributed by atoms with Gasteiger partial charge in [-0.25, -0.2) is 0 Å². The maximum Gasteiger partial charge on any atom is -0.00926 e. The molecule has 0 heteroatoms. The fourth-order valence-electron chi connectivity index (χ4n) is 0.549. The summed E-state index contributed by atoms with van der Waals surface area (Å²) < 4.78 is 0. The highest BCUT2D eigenvalue weighted by atomic mass is 13.8. The van der Waals surface area contributed by atoms with E-state index < -0.39 is 0 Å². The van der Waals surface area contributed by atoms with E-state index in [4.69, 9.17) is 6.58 Å². The highest BCUT2D eigenvalue weighted by Gasteiger charge is 1.76. The Kier molecular flexibility index (Phi) is 1.48. The number of hydrogen-bond acceptors (Lipinski definition) is 0. The van der Waals surface area contributed by atoms with Crippen molar-refractivity contribution in [3.05, 3.63) is 42.5 Å². The summed E-state index contributed by atoms with van der Waals surface area (Å²) in [7, 11) is 0. The summed E-state index contributed by atoms with van der Waals surface area (Å²) in [5.41, 5.74) is 0.951. The highest BCUT2D eigenvalue weighted by molar-refractivity contribution is 5.44. The molecule has 0 fully saturated rings. The van der Waals surface area contributed by atoms with E-state index in [1.165, 1.54) is 6.08 Å². The molecule has 0 nitrogen and oxygen atoms in total. The lowest BCUT2D eigenvalue weighted by Crippen LogP contribution is -1.63. The van der Waals surface area contributed by atoms with E-state index in [1.54, 1.807) is 0 Å². The van der Waals surface area contributed by atoms with Gasteiger partial charge in [-0.3, -0.25) is 0 Å². The minimum absolute atomic E-state index is 0.951. The third kappa shape index (κ3) is 0.969. The van der Waals surface area contributed by atoms with Gasteiger partial charge in [0.25, 0.3) is 0 Å². The Balaban J connectivity index is 2.99. The van der Waals surface area contributed by atoms with E-state index in [-0.39, 0.29) is 0 Å². The number of benzene rings is 1. The molecule has 0 bridgehead atoms. The quantitative estimate of drug-likeness (QED) is 0.508. The largest absolute Gasteiger partial charge is 0.0622 e. The Hall–Kier alpha value is -1.04. The predicted molar refractivity (Wildman–Crippen MR) is 34.1 cm³/mol. The van der Waals surface area contributed by atoms with Crippen LogP contribution in [-0.4, -0.2) is 0 Å². The van der Waals surface area contributed by atoms with E-state index in [0.29, 0.717) is 0 Å². The zero-order valence-electron chi connectivity index (χ0n) is 4.46. The van der Waals surface area contributed by atoms with Crippen LogP contribution >= 0.6 is 0 Å². The van der Waals surface area contributed by atoms with E-state index >= 15 is 0 Å². The molecule has 0 aliphatic carbocycles. The average molecular weight is 102 g/mol. The molecule has 0 spiro atoms. The van der Waals surface area contributed by atoms with Crippen LogP contribution in [0.25, 0.3) is 6.08 Å². The van der Waals surface area contributed by atoms with Crippen molar-refractivity contribution in [2.75, 3.05) is 0 Å². The minimum Gasteiger partial charge on any atom is -0.0622 e. The van der Waals surface area contributed by atoms with Crippen molar-refractivity contribution in [3.63, 3.8) is 0 Å². The SMILES string of the molecule is [C]=Cc1ccccc1. The first-order chi connectivity index (χ1) is 3.93. The molecule has 2 radical (unpaired) electrons. The van der Waals surface area contributed by atoms with Crippen LogP contribution in [0.1, 0.15) is 5.56 Å². The van der Waals surface area contributed by atoms with Gasteiger partial charge < -0.3 is 0 Å². The van der Waals surface area contributed by atoms with Crippen molar-refractivity contribution in [1.29, 1.82) is 0 Å². The fraction of sp³-hybridized carbons (Fsp3) is 0. The summed E-state index contributed by atoms with van der Waals surface area (Å²) in [5.74, 6) is 0. The van der Waals surface area contributed by atoms with Crippen LogP contribution in [0.15, 0.2) is 30.3 Å². The van der Waals surface area contributed by atoms with Crippen LogP contribution in [0.3, 0.4) is 0 Å². The third-order valence-corrected chi connectivity index (χ3v) is 0.966. The van der Waals surface area contributed by atoms with Gasteiger partial charge in [0.1, 0.15) is 0 Å². The minimum atomic E-state index is 0.951. The van der Waals surface area contributed by atoms with Crippen molar-refractivity contribution in [2.24, 2.45) is 0 Å². The van der Waals surface area contributed by atoms with Gasteiger partial charge in [-0.1, -0.05) is 30.3 Å². The van der Waals surface area contributed by atoms with Crippen molar-refractivity contribution < 1.29 is 0 Å².